The fourth-order valence-corrected chi connectivity index (χ4v) is 5.04. The van der Waals surface area contributed by atoms with Gasteiger partial charge in [0, 0.05) is 59.0 Å². The van der Waals surface area contributed by atoms with Crippen molar-refractivity contribution in [3.63, 3.8) is 0 Å². The number of anilines is 1. The molecule has 0 spiro atoms. The summed E-state index contributed by atoms with van der Waals surface area (Å²) < 4.78 is 8.97. The van der Waals surface area contributed by atoms with E-state index < -0.39 is 0 Å². The first-order valence-electron chi connectivity index (χ1n) is 12.4. The lowest BCUT2D eigenvalue weighted by molar-refractivity contribution is 0.604. The third-order valence-electron chi connectivity index (χ3n) is 6.86. The summed E-state index contributed by atoms with van der Waals surface area (Å²) in [6.45, 7) is 12.6. The summed E-state index contributed by atoms with van der Waals surface area (Å²) in [6.07, 6.45) is 1.91. The van der Waals surface area contributed by atoms with Crippen molar-refractivity contribution in [3.8, 4) is 22.5 Å². The van der Waals surface area contributed by atoms with Crippen LogP contribution in [0.1, 0.15) is 27.7 Å². The van der Waals surface area contributed by atoms with E-state index >= 15 is 0 Å². The number of para-hydroxylation sites is 1. The van der Waals surface area contributed by atoms with Gasteiger partial charge in [-0.15, -0.1) is 0 Å². The van der Waals surface area contributed by atoms with Gasteiger partial charge in [0.2, 0.25) is 5.36 Å². The molecule has 5 rings (SSSR count). The van der Waals surface area contributed by atoms with E-state index in [1.54, 1.807) is 0 Å². The molecule has 0 N–H and O–H groups in total. The number of fused-ring (bicyclic) bond motifs is 3. The first-order chi connectivity index (χ1) is 16.7. The quantitative estimate of drug-likeness (QED) is 0.221. The lowest BCUT2D eigenvalue weighted by atomic mass is 9.91. The van der Waals surface area contributed by atoms with Crippen molar-refractivity contribution in [2.45, 2.75) is 27.7 Å². The van der Waals surface area contributed by atoms with Crippen LogP contribution >= 0.6 is 0 Å². The molecule has 4 heteroatoms. The third kappa shape index (κ3) is 3.73. The smallest absolute Gasteiger partial charge is 0.203 e. The van der Waals surface area contributed by atoms with Gasteiger partial charge in [-0.2, -0.15) is 0 Å². The first-order valence-corrected chi connectivity index (χ1v) is 12.4. The fraction of sp³-hybridized carbons (Fsp3) is 0.267. The zero-order chi connectivity index (χ0) is 23.7. The molecule has 1 aliphatic heterocycles. The highest BCUT2D eigenvalue weighted by molar-refractivity contribution is 6.08. The third-order valence-corrected chi connectivity index (χ3v) is 6.86. The molecule has 0 fully saturated rings. The van der Waals surface area contributed by atoms with Gasteiger partial charge in [0.1, 0.15) is 24.4 Å². The molecule has 2 aromatic carbocycles. The average molecular weight is 451 g/mol. The summed E-state index contributed by atoms with van der Waals surface area (Å²) in [7, 11) is 0. The topological polar surface area (TPSA) is 32.3 Å². The SMILES string of the molecule is CCN(CC)c1ccc2c(-c3ccnc4ccccc34)c3ccc(=[N+](CC)CC)cc-3oc2c1. The van der Waals surface area contributed by atoms with Gasteiger partial charge in [-0.25, -0.2) is 4.58 Å². The Balaban J connectivity index is 1.91. The van der Waals surface area contributed by atoms with Gasteiger partial charge >= 0.3 is 0 Å². The number of nitrogens with zero attached hydrogens (tertiary/aromatic N) is 3. The van der Waals surface area contributed by atoms with E-state index in [4.69, 9.17) is 4.42 Å². The minimum Gasteiger partial charge on any atom is -0.456 e. The van der Waals surface area contributed by atoms with E-state index in [-0.39, 0.29) is 0 Å². The number of hydrogen-bond acceptors (Lipinski definition) is 3. The van der Waals surface area contributed by atoms with Gasteiger partial charge in [-0.05, 0) is 63.6 Å². The van der Waals surface area contributed by atoms with Crippen LogP contribution in [0, 0.1) is 0 Å². The minimum atomic E-state index is 0.907. The summed E-state index contributed by atoms with van der Waals surface area (Å²) in [5, 5.41) is 3.46. The highest BCUT2D eigenvalue weighted by Gasteiger charge is 2.20. The normalized spacial score (nSPS) is 11.4. The molecule has 0 radical (unpaired) electrons. The lowest BCUT2D eigenvalue weighted by Gasteiger charge is -2.22. The Kier molecular flexibility index (Phi) is 6.06. The Bertz CT molecular complexity index is 1500. The summed E-state index contributed by atoms with van der Waals surface area (Å²) in [5.74, 6) is 0.907. The molecule has 0 saturated heterocycles. The van der Waals surface area contributed by atoms with Crippen molar-refractivity contribution in [1.82, 2.24) is 9.56 Å². The monoisotopic (exact) mass is 450 g/mol. The van der Waals surface area contributed by atoms with Crippen LogP contribution in [0.25, 0.3) is 44.3 Å². The van der Waals surface area contributed by atoms with E-state index in [0.717, 1.165) is 59.4 Å². The maximum Gasteiger partial charge on any atom is 0.203 e. The van der Waals surface area contributed by atoms with Crippen LogP contribution < -0.4 is 14.8 Å². The van der Waals surface area contributed by atoms with Gasteiger partial charge in [-0.3, -0.25) is 4.98 Å². The van der Waals surface area contributed by atoms with Crippen molar-refractivity contribution in [2.24, 2.45) is 0 Å². The van der Waals surface area contributed by atoms with Gasteiger partial charge in [0.15, 0.2) is 0 Å². The number of pyridine rings is 1. The number of hydrogen-bond donors (Lipinski definition) is 0. The lowest BCUT2D eigenvalue weighted by Crippen LogP contribution is -2.29. The van der Waals surface area contributed by atoms with Crippen molar-refractivity contribution in [2.75, 3.05) is 31.1 Å². The molecular formula is C30H32N3O+. The molecule has 1 aromatic heterocycles. The Labute approximate surface area is 201 Å². The summed E-state index contributed by atoms with van der Waals surface area (Å²) >= 11 is 0. The maximum absolute atomic E-state index is 6.61. The molecule has 1 aliphatic carbocycles. The molecule has 4 nitrogen and oxygen atoms in total. The van der Waals surface area contributed by atoms with Crippen LogP contribution in [-0.4, -0.2) is 31.2 Å². The van der Waals surface area contributed by atoms with Crippen LogP contribution in [-0.2, 0) is 0 Å². The summed E-state index contributed by atoms with van der Waals surface area (Å²) in [6, 6.07) is 23.8. The zero-order valence-corrected chi connectivity index (χ0v) is 20.5. The van der Waals surface area contributed by atoms with Gasteiger partial charge in [-0.1, -0.05) is 18.2 Å². The molecule has 172 valence electrons. The molecule has 34 heavy (non-hydrogen) atoms. The summed E-state index contributed by atoms with van der Waals surface area (Å²) in [5.41, 5.74) is 6.60. The predicted octanol–water partition coefficient (Wildman–Crippen LogP) is 6.41. The Morgan fingerprint density at radius 2 is 1.59 bits per heavy atom. The second-order valence-electron chi connectivity index (χ2n) is 8.56. The number of rotatable bonds is 6. The van der Waals surface area contributed by atoms with Gasteiger partial charge in [0.25, 0.3) is 0 Å². The van der Waals surface area contributed by atoms with Crippen molar-refractivity contribution in [1.29, 1.82) is 0 Å². The van der Waals surface area contributed by atoms with Crippen molar-refractivity contribution >= 4 is 27.6 Å². The molecule has 2 aliphatic rings. The van der Waals surface area contributed by atoms with E-state index in [2.05, 4.69) is 103 Å². The summed E-state index contributed by atoms with van der Waals surface area (Å²) in [4.78, 5) is 6.96. The fourth-order valence-electron chi connectivity index (χ4n) is 5.04. The number of aromatic nitrogens is 1. The second-order valence-corrected chi connectivity index (χ2v) is 8.56. The maximum atomic E-state index is 6.61. The molecule has 0 atom stereocenters. The highest BCUT2D eigenvalue weighted by atomic mass is 16.3. The Morgan fingerprint density at radius 3 is 2.35 bits per heavy atom. The average Bonchev–Trinajstić information content (AvgIpc) is 2.88. The Morgan fingerprint density at radius 1 is 0.794 bits per heavy atom. The molecule has 0 bridgehead atoms. The highest BCUT2D eigenvalue weighted by Crippen LogP contribution is 2.42. The van der Waals surface area contributed by atoms with Crippen molar-refractivity contribution < 1.29 is 4.42 Å². The second kappa shape index (κ2) is 9.30. The molecule has 0 unspecified atom stereocenters. The van der Waals surface area contributed by atoms with Crippen LogP contribution in [0.2, 0.25) is 0 Å². The molecule has 2 heterocycles. The molecule has 3 aromatic rings. The van der Waals surface area contributed by atoms with E-state index in [1.165, 1.54) is 22.2 Å². The van der Waals surface area contributed by atoms with E-state index in [9.17, 15) is 0 Å². The Hall–Kier alpha value is -3.66. The largest absolute Gasteiger partial charge is 0.456 e. The van der Waals surface area contributed by atoms with Crippen LogP contribution in [0.4, 0.5) is 5.69 Å². The van der Waals surface area contributed by atoms with Crippen LogP contribution in [0.3, 0.4) is 0 Å². The number of benzene rings is 3. The standard InChI is InChI=1S/C30H32N3O/c1-5-32(6-2)21-13-15-25-28(19-21)34-29-20-22(33(7-3)8-4)14-16-26(29)30(25)24-17-18-31-27-12-10-9-11-23(24)27/h9-20H,5-8H2,1-4H3/q+1. The van der Waals surface area contributed by atoms with E-state index in [1.807, 2.05) is 12.3 Å². The minimum absolute atomic E-state index is 0.907. The van der Waals surface area contributed by atoms with Crippen molar-refractivity contribution in [3.05, 3.63) is 78.3 Å². The van der Waals surface area contributed by atoms with Gasteiger partial charge < -0.3 is 9.32 Å². The predicted molar refractivity (Wildman–Crippen MR) is 143 cm³/mol. The van der Waals surface area contributed by atoms with Gasteiger partial charge in [0.05, 0.1) is 11.6 Å². The van der Waals surface area contributed by atoms with Crippen LogP contribution in [0.5, 0.6) is 0 Å². The van der Waals surface area contributed by atoms with E-state index in [0.29, 0.717) is 0 Å². The molecule has 0 saturated carbocycles. The first kappa shape index (κ1) is 22.1. The van der Waals surface area contributed by atoms with Crippen LogP contribution in [0.15, 0.2) is 77.3 Å². The molecular weight excluding hydrogens is 418 g/mol. The zero-order valence-electron chi connectivity index (χ0n) is 20.5. The molecule has 0 amide bonds.